The largest absolute Gasteiger partial charge is 0.480 e. The molecule has 1 saturated heterocycles. The van der Waals surface area contributed by atoms with Gasteiger partial charge in [-0.2, -0.15) is 4.72 Å². The first kappa shape index (κ1) is 28.8. The molecule has 1 heterocycles. The number of hydrogen-bond acceptors (Lipinski definition) is 6. The summed E-state index contributed by atoms with van der Waals surface area (Å²) in [7, 11) is -3.97. The second-order valence-corrected chi connectivity index (χ2v) is 10.9. The molecule has 38 heavy (non-hydrogen) atoms. The molecule has 1 aliphatic rings. The van der Waals surface area contributed by atoms with Crippen LogP contribution in [0.2, 0.25) is 0 Å². The third kappa shape index (κ3) is 8.38. The van der Waals surface area contributed by atoms with Crippen molar-refractivity contribution in [3.05, 3.63) is 65.7 Å². The third-order valence-corrected chi connectivity index (χ3v) is 7.73. The third-order valence-electron chi connectivity index (χ3n) is 6.25. The number of piperidine rings is 1. The molecule has 204 valence electrons. The first-order valence-electron chi connectivity index (χ1n) is 12.2. The van der Waals surface area contributed by atoms with Gasteiger partial charge in [-0.1, -0.05) is 48.0 Å². The number of aryl methyl sites for hydroxylation is 1. The molecule has 0 bridgehead atoms. The standard InChI is InChI=1S/C26H32N4O7S/c1-18-7-9-21(10-8-18)38(36,37)29-22(15-19-5-3-2-4-6-19)26(35)30-13-11-20(12-14-30)25(34)28-16-23(31)27-17-24(32)33/h2-10,20,22,29H,11-17H2,1H3,(H,27,31)(H,28,34)(H,32,33). The Kier molecular flexibility index (Phi) is 9.97. The van der Waals surface area contributed by atoms with Crippen LogP contribution in [-0.2, 0) is 35.6 Å². The van der Waals surface area contributed by atoms with Gasteiger partial charge in [-0.05, 0) is 43.9 Å². The van der Waals surface area contributed by atoms with Crippen molar-refractivity contribution in [2.45, 2.75) is 37.1 Å². The molecular weight excluding hydrogens is 512 g/mol. The van der Waals surface area contributed by atoms with E-state index in [4.69, 9.17) is 5.11 Å². The maximum Gasteiger partial charge on any atom is 0.322 e. The van der Waals surface area contributed by atoms with Crippen molar-refractivity contribution < 1.29 is 32.7 Å². The predicted octanol–water partition coefficient (Wildman–Crippen LogP) is 0.440. The predicted molar refractivity (Wildman–Crippen MR) is 138 cm³/mol. The molecule has 2 aromatic carbocycles. The van der Waals surface area contributed by atoms with Gasteiger partial charge in [-0.25, -0.2) is 8.42 Å². The molecule has 0 aliphatic carbocycles. The summed E-state index contributed by atoms with van der Waals surface area (Å²) in [6.07, 6.45) is 0.852. The molecule has 12 heteroatoms. The van der Waals surface area contributed by atoms with Crippen molar-refractivity contribution >= 4 is 33.7 Å². The summed E-state index contributed by atoms with van der Waals surface area (Å²) in [4.78, 5) is 49.7. The summed E-state index contributed by atoms with van der Waals surface area (Å²) in [6.45, 7) is 1.47. The number of carbonyl (C=O) groups is 4. The van der Waals surface area contributed by atoms with Crippen molar-refractivity contribution in [2.75, 3.05) is 26.2 Å². The second kappa shape index (κ2) is 13.2. The first-order chi connectivity index (χ1) is 18.0. The summed E-state index contributed by atoms with van der Waals surface area (Å²) in [5.74, 6) is -2.96. The van der Waals surface area contributed by atoms with Crippen molar-refractivity contribution in [3.8, 4) is 0 Å². The summed E-state index contributed by atoms with van der Waals surface area (Å²) >= 11 is 0. The van der Waals surface area contributed by atoms with Gasteiger partial charge in [-0.15, -0.1) is 0 Å². The molecule has 1 atom stereocenters. The Morgan fingerprint density at radius 3 is 2.18 bits per heavy atom. The molecule has 0 radical (unpaired) electrons. The number of carbonyl (C=O) groups excluding carboxylic acids is 3. The zero-order valence-corrected chi connectivity index (χ0v) is 21.9. The molecule has 2 aromatic rings. The number of likely N-dealkylation sites (tertiary alicyclic amines) is 1. The minimum atomic E-state index is -3.97. The zero-order chi connectivity index (χ0) is 27.7. The molecular formula is C26H32N4O7S. The highest BCUT2D eigenvalue weighted by atomic mass is 32.2. The highest BCUT2D eigenvalue weighted by Crippen LogP contribution is 2.20. The van der Waals surface area contributed by atoms with E-state index in [1.54, 1.807) is 17.0 Å². The van der Waals surface area contributed by atoms with E-state index in [0.29, 0.717) is 12.8 Å². The van der Waals surface area contributed by atoms with Gasteiger partial charge in [0.2, 0.25) is 27.7 Å². The lowest BCUT2D eigenvalue weighted by atomic mass is 9.95. The normalized spacial score (nSPS) is 14.9. The van der Waals surface area contributed by atoms with E-state index in [9.17, 15) is 27.6 Å². The van der Waals surface area contributed by atoms with Gasteiger partial charge in [0.1, 0.15) is 12.6 Å². The number of carboxylic acid groups (broad SMARTS) is 1. The van der Waals surface area contributed by atoms with Crippen molar-refractivity contribution in [1.82, 2.24) is 20.3 Å². The van der Waals surface area contributed by atoms with E-state index in [-0.39, 0.29) is 42.8 Å². The van der Waals surface area contributed by atoms with E-state index in [0.717, 1.165) is 11.1 Å². The topological polar surface area (TPSA) is 162 Å². The van der Waals surface area contributed by atoms with Crippen LogP contribution in [0.3, 0.4) is 0 Å². The van der Waals surface area contributed by atoms with E-state index >= 15 is 0 Å². The van der Waals surface area contributed by atoms with Crippen molar-refractivity contribution in [3.63, 3.8) is 0 Å². The number of hydrogen-bond donors (Lipinski definition) is 4. The van der Waals surface area contributed by atoms with Crippen molar-refractivity contribution in [1.29, 1.82) is 0 Å². The van der Waals surface area contributed by atoms with Crippen LogP contribution in [-0.4, -0.2) is 74.3 Å². The van der Waals surface area contributed by atoms with Gasteiger partial charge < -0.3 is 20.6 Å². The number of carboxylic acids is 1. The highest BCUT2D eigenvalue weighted by Gasteiger charge is 2.33. The van der Waals surface area contributed by atoms with Gasteiger partial charge >= 0.3 is 5.97 Å². The Labute approximate surface area is 221 Å². The quantitative estimate of drug-likeness (QED) is 0.319. The average Bonchev–Trinajstić information content (AvgIpc) is 2.90. The molecule has 1 unspecified atom stereocenters. The molecule has 3 amide bonds. The molecule has 0 saturated carbocycles. The minimum absolute atomic E-state index is 0.0664. The smallest absolute Gasteiger partial charge is 0.322 e. The summed E-state index contributed by atoms with van der Waals surface area (Å²) in [5, 5.41) is 13.2. The van der Waals surface area contributed by atoms with Crippen molar-refractivity contribution in [2.24, 2.45) is 5.92 Å². The fourth-order valence-corrected chi connectivity index (χ4v) is 5.32. The maximum absolute atomic E-state index is 13.5. The number of nitrogens with zero attached hydrogens (tertiary/aromatic N) is 1. The molecule has 3 rings (SSSR count). The molecule has 0 spiro atoms. The molecule has 1 aliphatic heterocycles. The van der Waals surface area contributed by atoms with Crippen LogP contribution in [0.15, 0.2) is 59.5 Å². The SMILES string of the molecule is Cc1ccc(S(=O)(=O)NC(Cc2ccccc2)C(=O)N2CCC(C(=O)NCC(=O)NCC(=O)O)CC2)cc1. The van der Waals surface area contributed by atoms with Gasteiger partial charge in [0.25, 0.3) is 0 Å². The van der Waals surface area contributed by atoms with E-state index in [2.05, 4.69) is 15.4 Å². The number of benzene rings is 2. The van der Waals surface area contributed by atoms with Crippen LogP contribution in [0.5, 0.6) is 0 Å². The number of amides is 3. The first-order valence-corrected chi connectivity index (χ1v) is 13.7. The van der Waals surface area contributed by atoms with Crippen LogP contribution < -0.4 is 15.4 Å². The average molecular weight is 545 g/mol. The van der Waals surface area contributed by atoms with E-state index in [1.165, 1.54) is 12.1 Å². The van der Waals surface area contributed by atoms with Crippen LogP contribution in [0.25, 0.3) is 0 Å². The van der Waals surface area contributed by atoms with Crippen LogP contribution in [0.4, 0.5) is 0 Å². The fraction of sp³-hybridized carbons (Fsp3) is 0.385. The summed E-state index contributed by atoms with van der Waals surface area (Å²) < 4.78 is 28.7. The van der Waals surface area contributed by atoms with Crippen LogP contribution in [0.1, 0.15) is 24.0 Å². The minimum Gasteiger partial charge on any atom is -0.480 e. The Morgan fingerprint density at radius 1 is 0.947 bits per heavy atom. The number of nitrogens with one attached hydrogen (secondary N) is 3. The molecule has 1 fully saturated rings. The van der Waals surface area contributed by atoms with Gasteiger partial charge in [0.15, 0.2) is 0 Å². The zero-order valence-electron chi connectivity index (χ0n) is 21.1. The number of rotatable bonds is 11. The monoisotopic (exact) mass is 544 g/mol. The Hall–Kier alpha value is -3.77. The maximum atomic E-state index is 13.5. The molecule has 4 N–H and O–H groups in total. The fourth-order valence-electron chi connectivity index (χ4n) is 4.13. The highest BCUT2D eigenvalue weighted by molar-refractivity contribution is 7.89. The Morgan fingerprint density at radius 2 is 1.58 bits per heavy atom. The van der Waals surface area contributed by atoms with Gasteiger partial charge in [0, 0.05) is 19.0 Å². The lowest BCUT2D eigenvalue weighted by Gasteiger charge is -2.34. The lowest BCUT2D eigenvalue weighted by molar-refractivity contribution is -0.138. The molecule has 11 nitrogen and oxygen atoms in total. The van der Waals surface area contributed by atoms with Gasteiger partial charge in [-0.3, -0.25) is 19.2 Å². The van der Waals surface area contributed by atoms with Gasteiger partial charge in [0.05, 0.1) is 11.4 Å². The number of sulfonamides is 1. The Bertz CT molecular complexity index is 1240. The van der Waals surface area contributed by atoms with E-state index < -0.39 is 40.4 Å². The van der Waals surface area contributed by atoms with Crippen LogP contribution >= 0.6 is 0 Å². The van der Waals surface area contributed by atoms with E-state index in [1.807, 2.05) is 37.3 Å². The lowest BCUT2D eigenvalue weighted by Crippen LogP contribution is -2.52. The number of aliphatic carboxylic acids is 1. The Balaban J connectivity index is 1.63. The molecule has 0 aromatic heterocycles. The van der Waals surface area contributed by atoms with Crippen LogP contribution in [0, 0.1) is 12.8 Å². The summed E-state index contributed by atoms with van der Waals surface area (Å²) in [5.41, 5.74) is 1.71. The second-order valence-electron chi connectivity index (χ2n) is 9.16. The summed E-state index contributed by atoms with van der Waals surface area (Å²) in [6, 6.07) is 14.4.